The smallest absolute Gasteiger partial charge is 0.237 e. The average Bonchev–Trinajstić information content (AvgIpc) is 2.18. The van der Waals surface area contributed by atoms with Gasteiger partial charge in [-0.3, -0.25) is 4.79 Å². The average molecular weight is 216 g/mol. The van der Waals surface area contributed by atoms with Crippen molar-refractivity contribution in [1.82, 2.24) is 5.32 Å². The number of nitrogens with two attached hydrogens (primary N) is 1. The predicted molar refractivity (Wildman–Crippen MR) is 61.3 cm³/mol. The van der Waals surface area contributed by atoms with Gasteiger partial charge in [-0.15, -0.1) is 0 Å². The molecule has 2 unspecified atom stereocenters. The lowest BCUT2D eigenvalue weighted by Gasteiger charge is -2.25. The van der Waals surface area contributed by atoms with Crippen LogP contribution in [0, 0.1) is 5.92 Å². The largest absolute Gasteiger partial charge is 0.351 e. The highest BCUT2D eigenvalue weighted by molar-refractivity contribution is 7.99. The van der Waals surface area contributed by atoms with Crippen molar-refractivity contribution in [2.45, 2.75) is 38.8 Å². The summed E-state index contributed by atoms with van der Waals surface area (Å²) in [6.07, 6.45) is 2.30. The van der Waals surface area contributed by atoms with E-state index in [1.165, 1.54) is 12.2 Å². The van der Waals surface area contributed by atoms with Gasteiger partial charge in [-0.2, -0.15) is 11.8 Å². The van der Waals surface area contributed by atoms with Gasteiger partial charge >= 0.3 is 0 Å². The van der Waals surface area contributed by atoms with Gasteiger partial charge in [0.25, 0.3) is 0 Å². The molecule has 1 amide bonds. The third-order valence-electron chi connectivity index (χ3n) is 2.53. The molecule has 1 aliphatic heterocycles. The number of amides is 1. The van der Waals surface area contributed by atoms with E-state index < -0.39 is 0 Å². The zero-order valence-corrected chi connectivity index (χ0v) is 9.77. The van der Waals surface area contributed by atoms with E-state index in [4.69, 9.17) is 5.73 Å². The molecule has 2 atom stereocenters. The van der Waals surface area contributed by atoms with Crippen LogP contribution in [0.2, 0.25) is 0 Å². The second kappa shape index (κ2) is 5.61. The van der Waals surface area contributed by atoms with E-state index in [0.29, 0.717) is 6.04 Å². The van der Waals surface area contributed by atoms with Gasteiger partial charge in [0, 0.05) is 11.8 Å². The Morgan fingerprint density at radius 2 is 2.29 bits per heavy atom. The van der Waals surface area contributed by atoms with E-state index in [2.05, 4.69) is 5.32 Å². The third-order valence-corrected chi connectivity index (χ3v) is 3.74. The Labute approximate surface area is 90.2 Å². The normalized spacial score (nSPS) is 24.7. The predicted octanol–water partition coefficient (Wildman–Crippen LogP) is 0.981. The number of carbonyl (C=O) groups is 1. The van der Waals surface area contributed by atoms with Crippen molar-refractivity contribution in [3.8, 4) is 0 Å². The minimum absolute atomic E-state index is 0.00694. The summed E-state index contributed by atoms with van der Waals surface area (Å²) in [5, 5.41) is 3.02. The maximum atomic E-state index is 11.6. The molecule has 0 saturated carbocycles. The molecule has 0 spiro atoms. The standard InChI is InChI=1S/C10H20N2OS/c1-7(2)9(11)10(13)12-8-4-3-5-14-6-8/h7-9H,3-6,11H2,1-2H3,(H,12,13). The molecule has 14 heavy (non-hydrogen) atoms. The number of carbonyl (C=O) groups excluding carboxylic acids is 1. The lowest BCUT2D eigenvalue weighted by molar-refractivity contribution is -0.123. The Morgan fingerprint density at radius 3 is 2.79 bits per heavy atom. The fourth-order valence-electron chi connectivity index (χ4n) is 1.45. The molecule has 0 aliphatic carbocycles. The van der Waals surface area contributed by atoms with Crippen LogP contribution >= 0.6 is 11.8 Å². The van der Waals surface area contributed by atoms with Gasteiger partial charge in [0.15, 0.2) is 0 Å². The van der Waals surface area contributed by atoms with E-state index in [1.54, 1.807) is 0 Å². The van der Waals surface area contributed by atoms with Gasteiger partial charge in [0.05, 0.1) is 6.04 Å². The highest BCUT2D eigenvalue weighted by Crippen LogP contribution is 2.17. The van der Waals surface area contributed by atoms with Crippen molar-refractivity contribution >= 4 is 17.7 Å². The van der Waals surface area contributed by atoms with E-state index in [0.717, 1.165) is 12.2 Å². The first-order chi connectivity index (χ1) is 6.61. The molecule has 3 N–H and O–H groups in total. The van der Waals surface area contributed by atoms with E-state index in [-0.39, 0.29) is 17.9 Å². The first-order valence-corrected chi connectivity index (χ1v) is 6.40. The molecular weight excluding hydrogens is 196 g/mol. The molecule has 0 bridgehead atoms. The highest BCUT2D eigenvalue weighted by Gasteiger charge is 2.21. The van der Waals surface area contributed by atoms with Gasteiger partial charge in [0.1, 0.15) is 0 Å². The second-order valence-electron chi connectivity index (χ2n) is 4.19. The molecule has 0 aromatic heterocycles. The molecule has 1 fully saturated rings. The molecule has 1 heterocycles. The van der Waals surface area contributed by atoms with Gasteiger partial charge in [0.2, 0.25) is 5.91 Å². The fraction of sp³-hybridized carbons (Fsp3) is 0.900. The summed E-state index contributed by atoms with van der Waals surface area (Å²) in [7, 11) is 0. The van der Waals surface area contributed by atoms with Crippen molar-refractivity contribution in [3.63, 3.8) is 0 Å². The van der Waals surface area contributed by atoms with Crippen molar-refractivity contribution in [2.75, 3.05) is 11.5 Å². The first kappa shape index (κ1) is 11.9. The van der Waals surface area contributed by atoms with Crippen LogP contribution in [-0.4, -0.2) is 29.5 Å². The maximum Gasteiger partial charge on any atom is 0.237 e. The van der Waals surface area contributed by atoms with Crippen LogP contribution in [0.1, 0.15) is 26.7 Å². The first-order valence-electron chi connectivity index (χ1n) is 5.25. The van der Waals surface area contributed by atoms with E-state index in [1.807, 2.05) is 25.6 Å². The van der Waals surface area contributed by atoms with Crippen LogP contribution in [-0.2, 0) is 4.79 Å². The molecule has 0 aromatic carbocycles. The van der Waals surface area contributed by atoms with Crippen LogP contribution in [0.4, 0.5) is 0 Å². The summed E-state index contributed by atoms with van der Waals surface area (Å²) < 4.78 is 0. The fourth-order valence-corrected chi connectivity index (χ4v) is 2.53. The number of nitrogens with one attached hydrogen (secondary N) is 1. The summed E-state index contributed by atoms with van der Waals surface area (Å²) >= 11 is 1.91. The minimum Gasteiger partial charge on any atom is -0.351 e. The van der Waals surface area contributed by atoms with Crippen LogP contribution in [0.3, 0.4) is 0 Å². The topological polar surface area (TPSA) is 55.1 Å². The minimum atomic E-state index is -0.359. The summed E-state index contributed by atoms with van der Waals surface area (Å²) in [6.45, 7) is 3.94. The van der Waals surface area contributed by atoms with Crippen LogP contribution in [0.25, 0.3) is 0 Å². The van der Waals surface area contributed by atoms with Crippen LogP contribution < -0.4 is 11.1 Å². The Hall–Kier alpha value is -0.220. The van der Waals surface area contributed by atoms with Crippen LogP contribution in [0.5, 0.6) is 0 Å². The zero-order chi connectivity index (χ0) is 10.6. The van der Waals surface area contributed by atoms with Crippen molar-refractivity contribution in [2.24, 2.45) is 11.7 Å². The number of rotatable bonds is 3. The number of thioether (sulfide) groups is 1. The molecular formula is C10H20N2OS. The molecule has 3 nitrogen and oxygen atoms in total. The molecule has 1 rings (SSSR count). The zero-order valence-electron chi connectivity index (χ0n) is 8.95. The van der Waals surface area contributed by atoms with Crippen LogP contribution in [0.15, 0.2) is 0 Å². The van der Waals surface area contributed by atoms with Crippen molar-refractivity contribution in [1.29, 1.82) is 0 Å². The Kier molecular flexibility index (Phi) is 4.75. The van der Waals surface area contributed by atoms with Gasteiger partial charge in [-0.05, 0) is 24.5 Å². The highest BCUT2D eigenvalue weighted by atomic mass is 32.2. The number of hydrogen-bond donors (Lipinski definition) is 2. The SMILES string of the molecule is CC(C)C(N)C(=O)NC1CCCSC1. The van der Waals surface area contributed by atoms with Gasteiger partial charge < -0.3 is 11.1 Å². The molecule has 1 aliphatic rings. The monoisotopic (exact) mass is 216 g/mol. The third kappa shape index (κ3) is 3.50. The Balaban J connectivity index is 2.31. The molecule has 1 saturated heterocycles. The summed E-state index contributed by atoms with van der Waals surface area (Å²) in [4.78, 5) is 11.6. The Bertz CT molecular complexity index is 191. The second-order valence-corrected chi connectivity index (χ2v) is 5.34. The summed E-state index contributed by atoms with van der Waals surface area (Å²) in [6, 6.07) is -0.0204. The summed E-state index contributed by atoms with van der Waals surface area (Å²) in [5.41, 5.74) is 5.76. The van der Waals surface area contributed by atoms with Crippen molar-refractivity contribution in [3.05, 3.63) is 0 Å². The van der Waals surface area contributed by atoms with Crippen molar-refractivity contribution < 1.29 is 4.79 Å². The van der Waals surface area contributed by atoms with E-state index >= 15 is 0 Å². The lowest BCUT2D eigenvalue weighted by Crippen LogP contribution is -2.49. The van der Waals surface area contributed by atoms with E-state index in [9.17, 15) is 4.79 Å². The lowest BCUT2D eigenvalue weighted by atomic mass is 10.0. The summed E-state index contributed by atoms with van der Waals surface area (Å²) in [5.74, 6) is 2.48. The molecule has 4 heteroatoms. The molecule has 0 aromatic rings. The van der Waals surface area contributed by atoms with Gasteiger partial charge in [-0.25, -0.2) is 0 Å². The maximum absolute atomic E-state index is 11.6. The quantitative estimate of drug-likeness (QED) is 0.739. The molecule has 82 valence electrons. The molecule has 0 radical (unpaired) electrons. The van der Waals surface area contributed by atoms with Gasteiger partial charge in [-0.1, -0.05) is 13.8 Å². The number of hydrogen-bond acceptors (Lipinski definition) is 3. The Morgan fingerprint density at radius 1 is 1.57 bits per heavy atom.